The summed E-state index contributed by atoms with van der Waals surface area (Å²) >= 11 is 0. The minimum Gasteiger partial charge on any atom is -0.481 e. The van der Waals surface area contributed by atoms with Gasteiger partial charge in [0.2, 0.25) is 0 Å². The van der Waals surface area contributed by atoms with Crippen LogP contribution in [0, 0.1) is 6.92 Å². The molecule has 1 N–H and O–H groups in total. The molecule has 0 amide bonds. The van der Waals surface area contributed by atoms with Gasteiger partial charge in [-0.25, -0.2) is 0 Å². The van der Waals surface area contributed by atoms with E-state index in [1.807, 2.05) is 19.1 Å². The van der Waals surface area contributed by atoms with Crippen molar-refractivity contribution in [1.29, 1.82) is 0 Å². The number of hydrogen-bond acceptors (Lipinski definition) is 2. The highest BCUT2D eigenvalue weighted by Crippen LogP contribution is 2.35. The summed E-state index contributed by atoms with van der Waals surface area (Å²) in [4.78, 5) is 10.4. The molecule has 3 nitrogen and oxygen atoms in total. The number of alkyl halides is 2. The minimum absolute atomic E-state index is 0.292. The lowest BCUT2D eigenvalue weighted by atomic mass is 10.1. The molecule has 1 heterocycles. The van der Waals surface area contributed by atoms with Crippen LogP contribution in [0.5, 0.6) is 0 Å². The van der Waals surface area contributed by atoms with E-state index in [1.165, 1.54) is 6.07 Å². The lowest BCUT2D eigenvalue weighted by molar-refractivity contribution is -0.146. The second kappa shape index (κ2) is 4.84. The second-order valence-electron chi connectivity index (χ2n) is 4.30. The number of rotatable bonds is 4. The standard InChI is InChI=1S/C14H12F2O3/c1-9-2-4-10(5-3-9)11-6-7-12(19-11)14(15,16)8-13(17)18/h2-7H,8H2,1H3,(H,17,18). The Hall–Kier alpha value is -2.17. The van der Waals surface area contributed by atoms with E-state index < -0.39 is 24.1 Å². The van der Waals surface area contributed by atoms with Crippen molar-refractivity contribution in [1.82, 2.24) is 0 Å². The molecule has 2 aromatic rings. The molecule has 1 aromatic carbocycles. The van der Waals surface area contributed by atoms with Crippen LogP contribution < -0.4 is 0 Å². The first-order chi connectivity index (χ1) is 8.88. The molecule has 0 unspecified atom stereocenters. The zero-order valence-electron chi connectivity index (χ0n) is 10.2. The predicted molar refractivity (Wildman–Crippen MR) is 65.0 cm³/mol. The Morgan fingerprint density at radius 2 is 1.84 bits per heavy atom. The number of carboxylic acids is 1. The molecule has 1 aromatic heterocycles. The fourth-order valence-corrected chi connectivity index (χ4v) is 1.68. The van der Waals surface area contributed by atoms with Crippen LogP contribution in [0.3, 0.4) is 0 Å². The van der Waals surface area contributed by atoms with E-state index in [-0.39, 0.29) is 0 Å². The van der Waals surface area contributed by atoms with Gasteiger partial charge in [0.05, 0.1) is 0 Å². The first-order valence-electron chi connectivity index (χ1n) is 5.65. The minimum atomic E-state index is -3.51. The number of benzene rings is 1. The second-order valence-corrected chi connectivity index (χ2v) is 4.30. The lowest BCUT2D eigenvalue weighted by Gasteiger charge is -2.10. The zero-order chi connectivity index (χ0) is 14.0. The number of halogens is 2. The van der Waals surface area contributed by atoms with Gasteiger partial charge in [0, 0.05) is 5.56 Å². The third kappa shape index (κ3) is 2.99. The summed E-state index contributed by atoms with van der Waals surface area (Å²) in [7, 11) is 0. The largest absolute Gasteiger partial charge is 0.481 e. The first kappa shape index (κ1) is 13.3. The average molecular weight is 266 g/mol. The molecule has 0 atom stereocenters. The van der Waals surface area contributed by atoms with Gasteiger partial charge in [0.15, 0.2) is 5.76 Å². The van der Waals surface area contributed by atoms with Gasteiger partial charge in [0.25, 0.3) is 0 Å². The Morgan fingerprint density at radius 3 is 2.42 bits per heavy atom. The summed E-state index contributed by atoms with van der Waals surface area (Å²) in [6.45, 7) is 1.92. The number of carbonyl (C=O) groups is 1. The predicted octanol–water partition coefficient (Wildman–Crippen LogP) is 3.82. The highest BCUT2D eigenvalue weighted by atomic mass is 19.3. The maximum absolute atomic E-state index is 13.5. The highest BCUT2D eigenvalue weighted by Gasteiger charge is 2.38. The normalized spacial score (nSPS) is 11.5. The number of aryl methyl sites for hydroxylation is 1. The van der Waals surface area contributed by atoms with Crippen molar-refractivity contribution in [3.63, 3.8) is 0 Å². The van der Waals surface area contributed by atoms with Crippen LogP contribution in [-0.2, 0) is 10.7 Å². The Kier molecular flexibility index (Phi) is 3.38. The monoisotopic (exact) mass is 266 g/mol. The molecule has 19 heavy (non-hydrogen) atoms. The van der Waals surface area contributed by atoms with Crippen molar-refractivity contribution in [2.24, 2.45) is 0 Å². The van der Waals surface area contributed by atoms with Crippen molar-refractivity contribution in [2.45, 2.75) is 19.3 Å². The van der Waals surface area contributed by atoms with Crippen LogP contribution in [0.25, 0.3) is 11.3 Å². The van der Waals surface area contributed by atoms with Gasteiger partial charge in [-0.2, -0.15) is 8.78 Å². The molecule has 0 aliphatic heterocycles. The fraction of sp³-hybridized carbons (Fsp3) is 0.214. The summed E-state index contributed by atoms with van der Waals surface area (Å²) in [5.41, 5.74) is 1.72. The summed E-state index contributed by atoms with van der Waals surface area (Å²) in [5.74, 6) is -5.42. The van der Waals surface area contributed by atoms with Crippen molar-refractivity contribution < 1.29 is 23.1 Å². The third-order valence-corrected chi connectivity index (χ3v) is 2.68. The van der Waals surface area contributed by atoms with Gasteiger partial charge >= 0.3 is 11.9 Å². The van der Waals surface area contributed by atoms with Crippen LogP contribution in [-0.4, -0.2) is 11.1 Å². The van der Waals surface area contributed by atoms with Gasteiger partial charge < -0.3 is 9.52 Å². The Morgan fingerprint density at radius 1 is 1.21 bits per heavy atom. The Labute approximate surface area is 108 Å². The van der Waals surface area contributed by atoms with Gasteiger partial charge in [-0.1, -0.05) is 29.8 Å². The molecule has 0 radical (unpaired) electrons. The quantitative estimate of drug-likeness (QED) is 0.915. The van der Waals surface area contributed by atoms with Crippen LogP contribution in [0.15, 0.2) is 40.8 Å². The third-order valence-electron chi connectivity index (χ3n) is 2.68. The first-order valence-corrected chi connectivity index (χ1v) is 5.65. The number of furan rings is 1. The molecule has 0 aliphatic rings. The molecule has 0 bridgehead atoms. The summed E-state index contributed by atoms with van der Waals surface area (Å²) in [5, 5.41) is 8.44. The molecular formula is C14H12F2O3. The van der Waals surface area contributed by atoms with Gasteiger partial charge in [-0.3, -0.25) is 4.79 Å². The lowest BCUT2D eigenvalue weighted by Crippen LogP contribution is -2.17. The molecule has 100 valence electrons. The molecule has 0 saturated carbocycles. The molecule has 5 heteroatoms. The average Bonchev–Trinajstić information content (AvgIpc) is 2.78. The Bertz CT molecular complexity index is 585. The van der Waals surface area contributed by atoms with E-state index in [0.29, 0.717) is 11.3 Å². The van der Waals surface area contributed by atoms with E-state index in [0.717, 1.165) is 11.6 Å². The van der Waals surface area contributed by atoms with E-state index in [1.54, 1.807) is 12.1 Å². The highest BCUT2D eigenvalue weighted by molar-refractivity contribution is 5.68. The molecule has 0 aliphatic carbocycles. The number of aliphatic carboxylic acids is 1. The fourth-order valence-electron chi connectivity index (χ4n) is 1.68. The van der Waals surface area contributed by atoms with Crippen molar-refractivity contribution >= 4 is 5.97 Å². The van der Waals surface area contributed by atoms with Gasteiger partial charge in [-0.15, -0.1) is 0 Å². The van der Waals surface area contributed by atoms with E-state index in [9.17, 15) is 13.6 Å². The summed E-state index contributed by atoms with van der Waals surface area (Å²) in [6, 6.07) is 9.72. The smallest absolute Gasteiger partial charge is 0.315 e. The summed E-state index contributed by atoms with van der Waals surface area (Å²) in [6.07, 6.45) is -1.28. The summed E-state index contributed by atoms with van der Waals surface area (Å²) < 4.78 is 32.1. The molecule has 0 saturated heterocycles. The van der Waals surface area contributed by atoms with Gasteiger partial charge in [-0.05, 0) is 19.1 Å². The topological polar surface area (TPSA) is 50.4 Å². The zero-order valence-corrected chi connectivity index (χ0v) is 10.2. The molecule has 0 spiro atoms. The maximum atomic E-state index is 13.5. The van der Waals surface area contributed by atoms with Crippen LogP contribution in [0.2, 0.25) is 0 Å². The molecular weight excluding hydrogens is 254 g/mol. The number of carboxylic acid groups (broad SMARTS) is 1. The van der Waals surface area contributed by atoms with Gasteiger partial charge in [0.1, 0.15) is 12.2 Å². The maximum Gasteiger partial charge on any atom is 0.315 e. The van der Waals surface area contributed by atoms with Crippen molar-refractivity contribution in [3.8, 4) is 11.3 Å². The SMILES string of the molecule is Cc1ccc(-c2ccc(C(F)(F)CC(=O)O)o2)cc1. The Balaban J connectivity index is 2.28. The molecule has 2 rings (SSSR count). The van der Waals surface area contributed by atoms with Crippen molar-refractivity contribution in [2.75, 3.05) is 0 Å². The van der Waals surface area contributed by atoms with Crippen LogP contribution in [0.1, 0.15) is 17.7 Å². The number of hydrogen-bond donors (Lipinski definition) is 1. The van der Waals surface area contributed by atoms with Crippen molar-refractivity contribution in [3.05, 3.63) is 47.7 Å². The van der Waals surface area contributed by atoms with Crippen LogP contribution in [0.4, 0.5) is 8.78 Å². The van der Waals surface area contributed by atoms with E-state index in [2.05, 4.69) is 0 Å². The van der Waals surface area contributed by atoms with Crippen LogP contribution >= 0.6 is 0 Å². The van der Waals surface area contributed by atoms with E-state index in [4.69, 9.17) is 9.52 Å². The molecule has 0 fully saturated rings. The van der Waals surface area contributed by atoms with E-state index >= 15 is 0 Å².